The Morgan fingerprint density at radius 1 is 1.12 bits per heavy atom. The Hall–Kier alpha value is -1.81. The van der Waals surface area contributed by atoms with Crippen LogP contribution in [0.3, 0.4) is 0 Å². The number of amides is 2. The first-order valence-electron chi connectivity index (χ1n) is 8.20. The van der Waals surface area contributed by atoms with Crippen LogP contribution in [-0.2, 0) is 4.74 Å². The number of nitrogens with zero attached hydrogens (tertiary/aromatic N) is 4. The highest BCUT2D eigenvalue weighted by Gasteiger charge is 2.29. The zero-order valence-electron chi connectivity index (χ0n) is 13.5. The van der Waals surface area contributed by atoms with E-state index in [1.165, 1.54) is 0 Å². The van der Waals surface area contributed by atoms with Crippen LogP contribution in [-0.4, -0.2) is 73.2 Å². The van der Waals surface area contributed by atoms with Gasteiger partial charge in [0.15, 0.2) is 0 Å². The number of ether oxygens (including phenoxy) is 1. The minimum absolute atomic E-state index is 0.0780. The van der Waals surface area contributed by atoms with Crippen molar-refractivity contribution in [1.29, 1.82) is 5.26 Å². The summed E-state index contributed by atoms with van der Waals surface area (Å²) in [6.45, 7) is 5.16. The van der Waals surface area contributed by atoms with E-state index in [9.17, 15) is 10.1 Å². The Labute approximate surface area is 147 Å². The summed E-state index contributed by atoms with van der Waals surface area (Å²) in [6, 6.07) is 9.53. The third-order valence-electron chi connectivity index (χ3n) is 4.52. The molecule has 7 heteroatoms. The molecule has 2 amide bonds. The second kappa shape index (κ2) is 7.84. The molecule has 24 heavy (non-hydrogen) atoms. The highest BCUT2D eigenvalue weighted by molar-refractivity contribution is 6.30. The maximum Gasteiger partial charge on any atom is 0.320 e. The van der Waals surface area contributed by atoms with Crippen LogP contribution in [0, 0.1) is 11.3 Å². The van der Waals surface area contributed by atoms with Crippen LogP contribution in [0.2, 0.25) is 5.02 Å². The van der Waals surface area contributed by atoms with Gasteiger partial charge in [0.1, 0.15) is 6.04 Å². The zero-order valence-corrected chi connectivity index (χ0v) is 14.3. The summed E-state index contributed by atoms with van der Waals surface area (Å²) in [5.41, 5.74) is 0.901. The average Bonchev–Trinajstić information content (AvgIpc) is 2.63. The molecule has 2 heterocycles. The molecule has 1 atom stereocenters. The van der Waals surface area contributed by atoms with Crippen LogP contribution in [0.4, 0.5) is 4.79 Å². The summed E-state index contributed by atoms with van der Waals surface area (Å²) in [6.07, 6.45) is 0. The smallest absolute Gasteiger partial charge is 0.320 e. The molecule has 0 aromatic heterocycles. The number of halogens is 1. The molecule has 2 saturated heterocycles. The maximum absolute atomic E-state index is 12.5. The number of benzene rings is 1. The molecule has 2 fully saturated rings. The van der Waals surface area contributed by atoms with Gasteiger partial charge in [-0.15, -0.1) is 0 Å². The second-order valence-electron chi connectivity index (χ2n) is 5.99. The molecule has 2 aliphatic heterocycles. The SMILES string of the molecule is N#CC(c1cccc(Cl)c1)N1CCN(C(=O)N2CCOCC2)CC1. The third kappa shape index (κ3) is 3.81. The molecule has 1 aromatic rings. The van der Waals surface area contributed by atoms with Gasteiger partial charge in [-0.1, -0.05) is 23.7 Å². The Morgan fingerprint density at radius 3 is 2.42 bits per heavy atom. The fourth-order valence-electron chi connectivity index (χ4n) is 3.17. The van der Waals surface area contributed by atoms with Gasteiger partial charge in [-0.2, -0.15) is 5.26 Å². The number of piperazine rings is 1. The van der Waals surface area contributed by atoms with Crippen molar-refractivity contribution in [3.05, 3.63) is 34.9 Å². The lowest BCUT2D eigenvalue weighted by Crippen LogP contribution is -2.55. The van der Waals surface area contributed by atoms with Gasteiger partial charge in [-0.3, -0.25) is 4.90 Å². The molecule has 0 bridgehead atoms. The zero-order chi connectivity index (χ0) is 16.9. The molecule has 0 aliphatic carbocycles. The van der Waals surface area contributed by atoms with E-state index >= 15 is 0 Å². The Kier molecular flexibility index (Phi) is 5.56. The molecule has 1 unspecified atom stereocenters. The summed E-state index contributed by atoms with van der Waals surface area (Å²) in [5.74, 6) is 0. The standard InChI is InChI=1S/C17H21ClN4O2/c18-15-3-1-2-14(12-15)16(13-19)20-4-6-21(7-5-20)17(23)22-8-10-24-11-9-22/h1-3,12,16H,4-11H2. The Bertz CT molecular complexity index is 619. The molecule has 2 aliphatic rings. The average molecular weight is 349 g/mol. The largest absolute Gasteiger partial charge is 0.378 e. The monoisotopic (exact) mass is 348 g/mol. The highest BCUT2D eigenvalue weighted by Crippen LogP contribution is 2.24. The number of hydrogen-bond donors (Lipinski definition) is 0. The molecule has 6 nitrogen and oxygen atoms in total. The van der Waals surface area contributed by atoms with Gasteiger partial charge < -0.3 is 14.5 Å². The predicted molar refractivity (Wildman–Crippen MR) is 90.7 cm³/mol. The van der Waals surface area contributed by atoms with Gasteiger partial charge in [-0.25, -0.2) is 4.79 Å². The van der Waals surface area contributed by atoms with Crippen molar-refractivity contribution >= 4 is 17.6 Å². The first-order chi connectivity index (χ1) is 11.7. The first kappa shape index (κ1) is 17.0. The van der Waals surface area contributed by atoms with Crippen LogP contribution in [0.5, 0.6) is 0 Å². The van der Waals surface area contributed by atoms with Gasteiger partial charge in [0.05, 0.1) is 19.3 Å². The minimum Gasteiger partial charge on any atom is -0.378 e. The summed E-state index contributed by atoms with van der Waals surface area (Å²) in [5, 5.41) is 10.2. The number of morpholine rings is 1. The van der Waals surface area contributed by atoms with E-state index < -0.39 is 0 Å². The predicted octanol–water partition coefficient (Wildman–Crippen LogP) is 1.97. The molecule has 0 radical (unpaired) electrons. The van der Waals surface area contributed by atoms with Crippen molar-refractivity contribution in [3.8, 4) is 6.07 Å². The topological polar surface area (TPSA) is 59.8 Å². The van der Waals surface area contributed by atoms with Gasteiger partial charge in [-0.05, 0) is 17.7 Å². The molecular formula is C17H21ClN4O2. The quantitative estimate of drug-likeness (QED) is 0.820. The Morgan fingerprint density at radius 2 is 1.79 bits per heavy atom. The van der Waals surface area contributed by atoms with Gasteiger partial charge in [0.2, 0.25) is 0 Å². The van der Waals surface area contributed by atoms with E-state index in [1.807, 2.05) is 28.0 Å². The molecule has 128 valence electrons. The molecule has 3 rings (SSSR count). The van der Waals surface area contributed by atoms with Gasteiger partial charge >= 0.3 is 6.03 Å². The molecule has 0 saturated carbocycles. The van der Waals surface area contributed by atoms with Crippen molar-refractivity contribution in [2.45, 2.75) is 6.04 Å². The summed E-state index contributed by atoms with van der Waals surface area (Å²) < 4.78 is 5.29. The van der Waals surface area contributed by atoms with E-state index in [0.717, 1.165) is 5.56 Å². The number of carbonyl (C=O) groups excluding carboxylic acids is 1. The normalized spacial score (nSPS) is 20.5. The van der Waals surface area contributed by atoms with E-state index in [1.54, 1.807) is 6.07 Å². The van der Waals surface area contributed by atoms with E-state index in [-0.39, 0.29) is 12.1 Å². The lowest BCUT2D eigenvalue weighted by molar-refractivity contribution is 0.0363. The first-order valence-corrected chi connectivity index (χ1v) is 8.57. The Balaban J connectivity index is 1.59. The summed E-state index contributed by atoms with van der Waals surface area (Å²) in [7, 11) is 0. The van der Waals surface area contributed by atoms with Crippen LogP contribution in [0.1, 0.15) is 11.6 Å². The van der Waals surface area contributed by atoms with Crippen LogP contribution in [0.25, 0.3) is 0 Å². The second-order valence-corrected chi connectivity index (χ2v) is 6.43. The molecule has 0 spiro atoms. The number of nitriles is 1. The summed E-state index contributed by atoms with van der Waals surface area (Å²) >= 11 is 6.04. The van der Waals surface area contributed by atoms with Crippen molar-refractivity contribution < 1.29 is 9.53 Å². The number of carbonyl (C=O) groups is 1. The van der Waals surface area contributed by atoms with E-state index in [2.05, 4.69) is 11.0 Å². The van der Waals surface area contributed by atoms with Crippen LogP contribution >= 0.6 is 11.6 Å². The molecular weight excluding hydrogens is 328 g/mol. The maximum atomic E-state index is 12.5. The van der Waals surface area contributed by atoms with Crippen molar-refractivity contribution in [3.63, 3.8) is 0 Å². The van der Waals surface area contributed by atoms with Gasteiger partial charge in [0, 0.05) is 44.3 Å². The lowest BCUT2D eigenvalue weighted by Gasteiger charge is -2.39. The van der Waals surface area contributed by atoms with E-state index in [4.69, 9.17) is 16.3 Å². The van der Waals surface area contributed by atoms with Crippen LogP contribution in [0.15, 0.2) is 24.3 Å². The fourth-order valence-corrected chi connectivity index (χ4v) is 3.37. The van der Waals surface area contributed by atoms with Crippen LogP contribution < -0.4 is 0 Å². The van der Waals surface area contributed by atoms with Crippen molar-refractivity contribution in [2.75, 3.05) is 52.5 Å². The van der Waals surface area contributed by atoms with Crippen molar-refractivity contribution in [1.82, 2.24) is 14.7 Å². The van der Waals surface area contributed by atoms with Gasteiger partial charge in [0.25, 0.3) is 0 Å². The number of hydrogen-bond acceptors (Lipinski definition) is 4. The number of urea groups is 1. The van der Waals surface area contributed by atoms with Crippen molar-refractivity contribution in [2.24, 2.45) is 0 Å². The lowest BCUT2D eigenvalue weighted by atomic mass is 10.1. The third-order valence-corrected chi connectivity index (χ3v) is 4.75. The molecule has 1 aromatic carbocycles. The molecule has 0 N–H and O–H groups in total. The minimum atomic E-state index is -0.329. The fraction of sp³-hybridized carbons (Fsp3) is 0.529. The van der Waals surface area contributed by atoms with E-state index in [0.29, 0.717) is 57.5 Å². The summed E-state index contributed by atoms with van der Waals surface area (Å²) in [4.78, 5) is 18.3. The highest BCUT2D eigenvalue weighted by atomic mass is 35.5. The number of rotatable bonds is 2.